The Bertz CT molecular complexity index is 494. The van der Waals surface area contributed by atoms with E-state index in [9.17, 15) is 4.79 Å². The fourth-order valence-corrected chi connectivity index (χ4v) is 2.36. The Balaban J connectivity index is 2.21. The molecule has 0 aromatic heterocycles. The molecule has 0 aliphatic carbocycles. The van der Waals surface area contributed by atoms with Crippen molar-refractivity contribution in [2.45, 2.75) is 9.79 Å². The molecule has 0 heterocycles. The molecule has 16 heavy (non-hydrogen) atoms. The Morgan fingerprint density at radius 2 is 1.69 bits per heavy atom. The van der Waals surface area contributed by atoms with Crippen LogP contribution in [0.3, 0.4) is 0 Å². The average Bonchev–Trinajstić information content (AvgIpc) is 2.33. The van der Waals surface area contributed by atoms with E-state index in [2.05, 4.69) is 0 Å². The molecule has 0 fully saturated rings. The minimum absolute atomic E-state index is 0.684. The van der Waals surface area contributed by atoms with E-state index in [4.69, 9.17) is 11.6 Å². The number of carbonyl (C=O) groups is 1. The van der Waals surface area contributed by atoms with Gasteiger partial charge in [-0.25, -0.2) is 0 Å². The maximum absolute atomic E-state index is 10.5. The third-order valence-electron chi connectivity index (χ3n) is 2.08. The minimum Gasteiger partial charge on any atom is -0.298 e. The maximum Gasteiger partial charge on any atom is 0.150 e. The second-order valence-electron chi connectivity index (χ2n) is 3.22. The number of hydrogen-bond donors (Lipinski definition) is 0. The zero-order valence-corrected chi connectivity index (χ0v) is 9.96. The van der Waals surface area contributed by atoms with Crippen LogP contribution in [0, 0.1) is 0 Å². The van der Waals surface area contributed by atoms with Gasteiger partial charge in [0.05, 0.1) is 5.02 Å². The van der Waals surface area contributed by atoms with Gasteiger partial charge < -0.3 is 0 Å². The van der Waals surface area contributed by atoms with Crippen molar-refractivity contribution < 1.29 is 4.79 Å². The van der Waals surface area contributed by atoms with Crippen LogP contribution in [0.25, 0.3) is 0 Å². The Labute approximate surface area is 103 Å². The summed E-state index contributed by atoms with van der Waals surface area (Å²) in [6.45, 7) is 0. The Kier molecular flexibility index (Phi) is 3.65. The third kappa shape index (κ3) is 2.65. The number of hydrogen-bond acceptors (Lipinski definition) is 2. The van der Waals surface area contributed by atoms with Gasteiger partial charge in [-0.1, -0.05) is 47.6 Å². The summed E-state index contributed by atoms with van der Waals surface area (Å²) >= 11 is 7.64. The van der Waals surface area contributed by atoms with Crippen molar-refractivity contribution in [1.29, 1.82) is 0 Å². The summed E-state index contributed by atoms with van der Waals surface area (Å²) in [5, 5.41) is 0.743. The predicted octanol–water partition coefficient (Wildman–Crippen LogP) is 4.30. The van der Waals surface area contributed by atoms with Crippen LogP contribution >= 0.6 is 23.4 Å². The molecule has 1 nitrogen and oxygen atoms in total. The number of halogens is 1. The van der Waals surface area contributed by atoms with Gasteiger partial charge in [0.1, 0.15) is 6.29 Å². The number of aldehydes is 1. The van der Waals surface area contributed by atoms with E-state index in [0.29, 0.717) is 5.56 Å². The van der Waals surface area contributed by atoms with Crippen LogP contribution in [0.15, 0.2) is 58.3 Å². The number of rotatable bonds is 3. The smallest absolute Gasteiger partial charge is 0.150 e. The Hall–Kier alpha value is -1.25. The highest BCUT2D eigenvalue weighted by molar-refractivity contribution is 7.99. The van der Waals surface area contributed by atoms with E-state index in [1.165, 1.54) is 0 Å². The van der Waals surface area contributed by atoms with Gasteiger partial charge in [0.25, 0.3) is 0 Å². The molecule has 0 aliphatic heterocycles. The van der Waals surface area contributed by atoms with E-state index in [0.717, 1.165) is 21.1 Å². The van der Waals surface area contributed by atoms with Crippen LogP contribution in [0.4, 0.5) is 0 Å². The van der Waals surface area contributed by atoms with Crippen LogP contribution in [0.2, 0.25) is 5.02 Å². The van der Waals surface area contributed by atoms with Gasteiger partial charge in [0.2, 0.25) is 0 Å². The van der Waals surface area contributed by atoms with E-state index in [1.54, 1.807) is 23.9 Å². The molecule has 3 heteroatoms. The van der Waals surface area contributed by atoms with Gasteiger partial charge in [-0.3, -0.25) is 4.79 Å². The lowest BCUT2D eigenvalue weighted by atomic mass is 10.2. The maximum atomic E-state index is 10.5. The Morgan fingerprint density at radius 1 is 1.00 bits per heavy atom. The average molecular weight is 249 g/mol. The molecular formula is C13H9ClOS. The highest BCUT2D eigenvalue weighted by atomic mass is 35.5. The van der Waals surface area contributed by atoms with E-state index < -0.39 is 0 Å². The molecule has 0 spiro atoms. The van der Waals surface area contributed by atoms with Gasteiger partial charge in [-0.2, -0.15) is 0 Å². The molecule has 0 atom stereocenters. The fourth-order valence-electron chi connectivity index (χ4n) is 1.27. The summed E-state index contributed by atoms with van der Waals surface area (Å²) in [4.78, 5) is 12.6. The Morgan fingerprint density at radius 3 is 2.31 bits per heavy atom. The zero-order valence-electron chi connectivity index (χ0n) is 8.39. The second-order valence-corrected chi connectivity index (χ2v) is 4.74. The molecule has 0 bridgehead atoms. The van der Waals surface area contributed by atoms with Crippen LogP contribution < -0.4 is 0 Å². The van der Waals surface area contributed by atoms with Crippen molar-refractivity contribution >= 4 is 29.6 Å². The van der Waals surface area contributed by atoms with E-state index >= 15 is 0 Å². The molecule has 0 N–H and O–H groups in total. The first-order valence-corrected chi connectivity index (χ1v) is 5.96. The van der Waals surface area contributed by atoms with Crippen LogP contribution in [0.1, 0.15) is 10.4 Å². The number of benzene rings is 2. The SMILES string of the molecule is O=Cc1ccc(Sc2ccccc2Cl)cc1. The third-order valence-corrected chi connectivity index (χ3v) is 3.61. The molecule has 0 aliphatic rings. The van der Waals surface area contributed by atoms with E-state index in [-0.39, 0.29) is 0 Å². The summed E-state index contributed by atoms with van der Waals surface area (Å²) in [7, 11) is 0. The van der Waals surface area contributed by atoms with Gasteiger partial charge in [-0.05, 0) is 24.3 Å². The minimum atomic E-state index is 0.684. The second kappa shape index (κ2) is 5.19. The largest absolute Gasteiger partial charge is 0.298 e. The van der Waals surface area contributed by atoms with Crippen LogP contribution in [-0.2, 0) is 0 Å². The zero-order chi connectivity index (χ0) is 11.4. The summed E-state index contributed by atoms with van der Waals surface area (Å²) in [6, 6.07) is 15.1. The van der Waals surface area contributed by atoms with Gasteiger partial charge >= 0.3 is 0 Å². The monoisotopic (exact) mass is 248 g/mol. The van der Waals surface area contributed by atoms with Crippen molar-refractivity contribution in [3.63, 3.8) is 0 Å². The van der Waals surface area contributed by atoms with Crippen LogP contribution in [-0.4, -0.2) is 6.29 Å². The summed E-state index contributed by atoms with van der Waals surface area (Å²) in [5.41, 5.74) is 0.684. The number of carbonyl (C=O) groups excluding carboxylic acids is 1. The normalized spacial score (nSPS) is 10.1. The molecule has 0 radical (unpaired) electrons. The molecule has 2 aromatic carbocycles. The molecular weight excluding hydrogens is 240 g/mol. The highest BCUT2D eigenvalue weighted by Gasteiger charge is 2.01. The van der Waals surface area contributed by atoms with Crippen molar-refractivity contribution in [2.24, 2.45) is 0 Å². The van der Waals surface area contributed by atoms with Gasteiger partial charge in [-0.15, -0.1) is 0 Å². The lowest BCUT2D eigenvalue weighted by molar-refractivity contribution is 0.112. The highest BCUT2D eigenvalue weighted by Crippen LogP contribution is 2.32. The molecule has 2 aromatic rings. The molecule has 0 unspecified atom stereocenters. The van der Waals surface area contributed by atoms with Crippen LogP contribution in [0.5, 0.6) is 0 Å². The lowest BCUT2D eigenvalue weighted by Gasteiger charge is -2.03. The summed E-state index contributed by atoms with van der Waals surface area (Å²) in [5.74, 6) is 0. The van der Waals surface area contributed by atoms with Crippen molar-refractivity contribution in [1.82, 2.24) is 0 Å². The lowest BCUT2D eigenvalue weighted by Crippen LogP contribution is -1.79. The predicted molar refractivity (Wildman–Crippen MR) is 67.4 cm³/mol. The van der Waals surface area contributed by atoms with Gasteiger partial charge in [0.15, 0.2) is 0 Å². The van der Waals surface area contributed by atoms with Gasteiger partial charge in [0, 0.05) is 15.4 Å². The summed E-state index contributed by atoms with van der Waals surface area (Å²) in [6.07, 6.45) is 0.837. The summed E-state index contributed by atoms with van der Waals surface area (Å²) < 4.78 is 0. The fraction of sp³-hybridized carbons (Fsp3) is 0. The standard InChI is InChI=1S/C13H9ClOS/c14-12-3-1-2-4-13(12)16-11-7-5-10(9-15)6-8-11/h1-9H. The topological polar surface area (TPSA) is 17.1 Å². The van der Waals surface area contributed by atoms with E-state index in [1.807, 2.05) is 36.4 Å². The molecule has 0 saturated heterocycles. The molecule has 0 saturated carbocycles. The first-order valence-electron chi connectivity index (χ1n) is 4.77. The first kappa shape index (κ1) is 11.2. The molecule has 0 amide bonds. The van der Waals surface area contributed by atoms with Crippen molar-refractivity contribution in [2.75, 3.05) is 0 Å². The first-order chi connectivity index (χ1) is 7.79. The van der Waals surface area contributed by atoms with Crippen molar-refractivity contribution in [3.05, 3.63) is 59.1 Å². The molecule has 80 valence electrons. The molecule has 2 rings (SSSR count). The quantitative estimate of drug-likeness (QED) is 0.754. The van der Waals surface area contributed by atoms with Crippen molar-refractivity contribution in [3.8, 4) is 0 Å².